The fraction of sp³-hybridized carbons (Fsp3) is 0.391. The van der Waals surface area contributed by atoms with Gasteiger partial charge in [-0.1, -0.05) is 31.4 Å². The van der Waals surface area contributed by atoms with E-state index < -0.39 is 11.8 Å². The fourth-order valence-electron chi connectivity index (χ4n) is 3.50. The number of methoxy groups -OCH3 is 1. The Balaban J connectivity index is 2.03. The summed E-state index contributed by atoms with van der Waals surface area (Å²) in [6.07, 6.45) is 5.54. The minimum Gasteiger partial charge on any atom is -0.492 e. The quantitative estimate of drug-likeness (QED) is 0.327. The number of fused-ring (bicyclic) bond motifs is 1. The summed E-state index contributed by atoms with van der Waals surface area (Å²) in [6.45, 7) is 5.89. The highest BCUT2D eigenvalue weighted by Gasteiger charge is 2.23. The van der Waals surface area contributed by atoms with Gasteiger partial charge in [0.25, 0.3) is 0 Å². The molecule has 0 fully saturated rings. The largest absolute Gasteiger partial charge is 0.492 e. The molecule has 2 aromatic heterocycles. The van der Waals surface area contributed by atoms with E-state index in [1.807, 2.05) is 13.8 Å². The zero-order valence-electron chi connectivity index (χ0n) is 17.6. The smallest absolute Gasteiger partial charge is 0.357 e. The van der Waals surface area contributed by atoms with E-state index in [0.717, 1.165) is 31.2 Å². The van der Waals surface area contributed by atoms with E-state index >= 15 is 0 Å². The third kappa shape index (κ3) is 4.43. The number of halogens is 2. The Morgan fingerprint density at radius 3 is 2.80 bits per heavy atom. The SMILES string of the molecule is CCCCCC(C)OC(=O)c1nc(-c2ccc(Cl)c(OC)c2F)cc2[nH]cc(C)c12. The molecule has 0 spiro atoms. The van der Waals surface area contributed by atoms with Crippen LogP contribution >= 0.6 is 11.6 Å². The minimum absolute atomic E-state index is 0.0626. The maximum absolute atomic E-state index is 15.0. The number of hydrogen-bond acceptors (Lipinski definition) is 4. The molecule has 0 saturated carbocycles. The lowest BCUT2D eigenvalue weighted by Crippen LogP contribution is -2.17. The number of nitrogens with zero attached hydrogens (tertiary/aromatic N) is 1. The Morgan fingerprint density at radius 2 is 2.10 bits per heavy atom. The van der Waals surface area contributed by atoms with Crippen molar-refractivity contribution in [1.82, 2.24) is 9.97 Å². The van der Waals surface area contributed by atoms with Gasteiger partial charge in [0.15, 0.2) is 17.3 Å². The number of rotatable bonds is 8. The second-order valence-corrected chi connectivity index (χ2v) is 7.81. The molecule has 1 aromatic carbocycles. The predicted octanol–water partition coefficient (Wildman–Crippen LogP) is 6.47. The molecule has 0 amide bonds. The first-order valence-electron chi connectivity index (χ1n) is 10.1. The Labute approximate surface area is 180 Å². The maximum atomic E-state index is 15.0. The molecule has 2 heterocycles. The number of hydrogen-bond donors (Lipinski definition) is 1. The van der Waals surface area contributed by atoms with Crippen molar-refractivity contribution in [2.24, 2.45) is 0 Å². The number of carbonyl (C=O) groups is 1. The first-order valence-corrected chi connectivity index (χ1v) is 10.5. The van der Waals surface area contributed by atoms with Gasteiger partial charge in [-0.2, -0.15) is 0 Å². The Hall–Kier alpha value is -2.60. The zero-order chi connectivity index (χ0) is 21.8. The molecule has 0 aliphatic heterocycles. The number of H-pyrrole nitrogens is 1. The van der Waals surface area contributed by atoms with Crippen LogP contribution in [0.4, 0.5) is 4.39 Å². The van der Waals surface area contributed by atoms with Gasteiger partial charge in [0.05, 0.1) is 29.4 Å². The van der Waals surface area contributed by atoms with Gasteiger partial charge >= 0.3 is 5.97 Å². The average Bonchev–Trinajstić information content (AvgIpc) is 3.08. The zero-order valence-corrected chi connectivity index (χ0v) is 18.4. The van der Waals surface area contributed by atoms with Crippen molar-refractivity contribution in [2.75, 3.05) is 7.11 Å². The summed E-state index contributed by atoms with van der Waals surface area (Å²) >= 11 is 6.01. The van der Waals surface area contributed by atoms with E-state index in [0.29, 0.717) is 16.6 Å². The summed E-state index contributed by atoms with van der Waals surface area (Å²) < 4.78 is 25.7. The van der Waals surface area contributed by atoms with Crippen molar-refractivity contribution in [3.8, 4) is 17.0 Å². The van der Waals surface area contributed by atoms with Crippen LogP contribution in [0.1, 0.15) is 55.6 Å². The molecule has 5 nitrogen and oxygen atoms in total. The summed E-state index contributed by atoms with van der Waals surface area (Å²) in [7, 11) is 1.35. The summed E-state index contributed by atoms with van der Waals surface area (Å²) in [5.41, 5.74) is 2.19. The molecular weight excluding hydrogens is 407 g/mol. The lowest BCUT2D eigenvalue weighted by molar-refractivity contribution is 0.0315. The van der Waals surface area contributed by atoms with Gasteiger partial charge in [-0.15, -0.1) is 0 Å². The van der Waals surface area contributed by atoms with Gasteiger partial charge in [-0.3, -0.25) is 0 Å². The molecule has 0 radical (unpaired) electrons. The van der Waals surface area contributed by atoms with Crippen molar-refractivity contribution < 1.29 is 18.7 Å². The van der Waals surface area contributed by atoms with Gasteiger partial charge in [-0.05, 0) is 50.5 Å². The van der Waals surface area contributed by atoms with E-state index in [-0.39, 0.29) is 28.1 Å². The van der Waals surface area contributed by atoms with Crippen LogP contribution in [0, 0.1) is 12.7 Å². The van der Waals surface area contributed by atoms with Gasteiger partial charge in [0.1, 0.15) is 0 Å². The lowest BCUT2D eigenvalue weighted by atomic mass is 10.1. The number of unbranched alkanes of at least 4 members (excludes halogenated alkanes) is 2. The van der Waals surface area contributed by atoms with Crippen LogP contribution in [0.25, 0.3) is 22.2 Å². The summed E-state index contributed by atoms with van der Waals surface area (Å²) in [5, 5.41) is 0.835. The molecule has 0 saturated heterocycles. The molecule has 30 heavy (non-hydrogen) atoms. The van der Waals surface area contributed by atoms with Crippen molar-refractivity contribution >= 4 is 28.5 Å². The van der Waals surface area contributed by atoms with Crippen LogP contribution in [0.5, 0.6) is 5.75 Å². The van der Waals surface area contributed by atoms with E-state index in [9.17, 15) is 9.18 Å². The van der Waals surface area contributed by atoms with E-state index in [2.05, 4.69) is 16.9 Å². The molecule has 1 N–H and O–H groups in total. The predicted molar refractivity (Wildman–Crippen MR) is 117 cm³/mol. The van der Waals surface area contributed by atoms with Crippen molar-refractivity contribution in [3.05, 3.63) is 46.5 Å². The lowest BCUT2D eigenvalue weighted by Gasteiger charge is -2.15. The molecule has 0 aliphatic rings. The highest BCUT2D eigenvalue weighted by Crippen LogP contribution is 2.36. The molecular formula is C23H26ClFN2O3. The molecule has 7 heteroatoms. The number of nitrogens with one attached hydrogen (secondary N) is 1. The third-order valence-corrected chi connectivity index (χ3v) is 5.40. The van der Waals surface area contributed by atoms with Gasteiger partial charge in [0.2, 0.25) is 0 Å². The molecule has 0 bridgehead atoms. The third-order valence-electron chi connectivity index (χ3n) is 5.10. The molecule has 1 atom stereocenters. The normalized spacial score (nSPS) is 12.2. The number of ether oxygens (including phenoxy) is 2. The highest BCUT2D eigenvalue weighted by atomic mass is 35.5. The van der Waals surface area contributed by atoms with E-state index in [1.54, 1.807) is 18.3 Å². The first kappa shape index (κ1) is 22.1. The van der Waals surface area contributed by atoms with Crippen LogP contribution < -0.4 is 4.74 Å². The molecule has 3 rings (SSSR count). The Kier molecular flexibility index (Phi) is 6.98. The van der Waals surface area contributed by atoms with Gasteiger partial charge in [-0.25, -0.2) is 14.2 Å². The van der Waals surface area contributed by atoms with Crippen LogP contribution in [-0.4, -0.2) is 29.2 Å². The van der Waals surface area contributed by atoms with Crippen molar-refractivity contribution in [1.29, 1.82) is 0 Å². The summed E-state index contributed by atoms with van der Waals surface area (Å²) in [4.78, 5) is 20.6. The van der Waals surface area contributed by atoms with E-state index in [1.165, 1.54) is 13.2 Å². The number of carbonyl (C=O) groups excluding carboxylic acids is 1. The molecule has 0 aliphatic carbocycles. The number of benzene rings is 1. The molecule has 3 aromatic rings. The number of pyridine rings is 1. The summed E-state index contributed by atoms with van der Waals surface area (Å²) in [5.74, 6) is -1.21. The molecule has 160 valence electrons. The van der Waals surface area contributed by atoms with Crippen molar-refractivity contribution in [2.45, 2.75) is 52.6 Å². The Morgan fingerprint density at radius 1 is 1.33 bits per heavy atom. The molecule has 1 unspecified atom stereocenters. The topological polar surface area (TPSA) is 64.2 Å². The van der Waals surface area contributed by atoms with E-state index in [4.69, 9.17) is 21.1 Å². The number of aromatic nitrogens is 2. The highest BCUT2D eigenvalue weighted by molar-refractivity contribution is 6.32. The number of aryl methyl sites for hydroxylation is 1. The maximum Gasteiger partial charge on any atom is 0.357 e. The number of aromatic amines is 1. The van der Waals surface area contributed by atoms with Crippen LogP contribution in [0.15, 0.2) is 24.4 Å². The van der Waals surface area contributed by atoms with Gasteiger partial charge < -0.3 is 14.5 Å². The van der Waals surface area contributed by atoms with Gasteiger partial charge in [0, 0.05) is 17.1 Å². The average molecular weight is 433 g/mol. The second kappa shape index (κ2) is 9.47. The number of esters is 1. The first-order chi connectivity index (χ1) is 14.4. The fourth-order valence-corrected chi connectivity index (χ4v) is 3.72. The summed E-state index contributed by atoms with van der Waals surface area (Å²) in [6, 6.07) is 4.76. The van der Waals surface area contributed by atoms with Crippen LogP contribution in [0.2, 0.25) is 5.02 Å². The standard InChI is InChI=1S/C23H26ClFN2O3/c1-5-6-7-8-14(3)30-23(28)21-19-13(2)12-26-18(19)11-17(27-21)15-9-10-16(24)22(29-4)20(15)25/h9-12,14,26H,5-8H2,1-4H3. The van der Waals surface area contributed by atoms with Crippen molar-refractivity contribution in [3.63, 3.8) is 0 Å². The monoisotopic (exact) mass is 432 g/mol. The van der Waals surface area contributed by atoms with Crippen LogP contribution in [-0.2, 0) is 4.74 Å². The van der Waals surface area contributed by atoms with Crippen LogP contribution in [0.3, 0.4) is 0 Å². The second-order valence-electron chi connectivity index (χ2n) is 7.40. The minimum atomic E-state index is -0.632. The Bertz CT molecular complexity index is 1060.